The largest absolute Gasteiger partial charge is 0.437 e. The van der Waals surface area contributed by atoms with Crippen molar-refractivity contribution in [3.8, 4) is 0 Å². The molecule has 0 aromatic heterocycles. The molecule has 3 aromatic carbocycles. The first-order chi connectivity index (χ1) is 18.7. The van der Waals surface area contributed by atoms with Gasteiger partial charge in [0.05, 0.1) is 34.5 Å². The standard InChI is InChI=1S/C18H8N8O14/c27-20(28)11-8-4-7-10(12(11)21(29)30)19(9-5-2-1-3-6-9)13-14(22(31)32)16(24(35)36)18(26(39)40)17(25(37)38)15(13)23(33)34/h1-8H. The lowest BCUT2D eigenvalue weighted by molar-refractivity contribution is -0.459. The highest BCUT2D eigenvalue weighted by Crippen LogP contribution is 2.59. The number of nitrogens with zero attached hydrogens (tertiary/aromatic N) is 8. The highest BCUT2D eigenvalue weighted by atomic mass is 16.7. The Hall–Kier alpha value is -6.74. The van der Waals surface area contributed by atoms with Crippen LogP contribution < -0.4 is 4.90 Å². The minimum Gasteiger partial charge on any atom is -0.292 e. The first-order valence-electron chi connectivity index (χ1n) is 9.95. The van der Waals surface area contributed by atoms with Crippen molar-refractivity contribution in [2.75, 3.05) is 4.90 Å². The fourth-order valence-corrected chi connectivity index (χ4v) is 3.75. The minimum absolute atomic E-state index is 0.200. The smallest absolute Gasteiger partial charge is 0.292 e. The molecule has 0 heterocycles. The van der Waals surface area contributed by atoms with E-state index in [4.69, 9.17) is 0 Å². The lowest BCUT2D eigenvalue weighted by atomic mass is 10.1. The molecular weight excluding hydrogens is 552 g/mol. The molecule has 0 saturated carbocycles. The molecule has 40 heavy (non-hydrogen) atoms. The second kappa shape index (κ2) is 10.3. The zero-order valence-corrected chi connectivity index (χ0v) is 18.9. The Kier molecular flexibility index (Phi) is 7.19. The van der Waals surface area contributed by atoms with Gasteiger partial charge in [-0.25, -0.2) is 0 Å². The molecule has 3 rings (SSSR count). The number of para-hydroxylation sites is 2. The van der Waals surface area contributed by atoms with Gasteiger partial charge in [0.25, 0.3) is 0 Å². The highest BCUT2D eigenvalue weighted by Gasteiger charge is 2.56. The Labute approximate surface area is 216 Å². The van der Waals surface area contributed by atoms with E-state index in [9.17, 15) is 70.8 Å². The maximum atomic E-state index is 12.2. The molecule has 22 nitrogen and oxygen atoms in total. The topological polar surface area (TPSA) is 305 Å². The van der Waals surface area contributed by atoms with Gasteiger partial charge < -0.3 is 0 Å². The molecule has 0 spiro atoms. The molecule has 3 aromatic rings. The molecular formula is C18H8N8O14. The number of hydrogen-bond acceptors (Lipinski definition) is 15. The molecule has 0 atom stereocenters. The summed E-state index contributed by atoms with van der Waals surface area (Å²) in [7, 11) is 0. The van der Waals surface area contributed by atoms with E-state index >= 15 is 0 Å². The van der Waals surface area contributed by atoms with E-state index < -0.39 is 91.3 Å². The van der Waals surface area contributed by atoms with Crippen LogP contribution >= 0.6 is 0 Å². The van der Waals surface area contributed by atoms with E-state index in [1.807, 2.05) is 0 Å². The number of benzene rings is 3. The summed E-state index contributed by atoms with van der Waals surface area (Å²) in [5.41, 5.74) is -16.5. The van der Waals surface area contributed by atoms with Crippen molar-refractivity contribution >= 4 is 56.9 Å². The van der Waals surface area contributed by atoms with Crippen LogP contribution in [0.1, 0.15) is 0 Å². The summed E-state index contributed by atoms with van der Waals surface area (Å²) >= 11 is 0. The summed E-state index contributed by atoms with van der Waals surface area (Å²) in [6, 6.07) is 7.84. The lowest BCUT2D eigenvalue weighted by Gasteiger charge is -2.23. The van der Waals surface area contributed by atoms with Gasteiger partial charge in [0.2, 0.25) is 5.69 Å². The first-order valence-corrected chi connectivity index (χ1v) is 9.95. The normalized spacial score (nSPS) is 10.4. The quantitative estimate of drug-likeness (QED) is 0.243. The van der Waals surface area contributed by atoms with Crippen LogP contribution in [0.5, 0.6) is 0 Å². The third-order valence-corrected chi connectivity index (χ3v) is 5.11. The lowest BCUT2D eigenvalue weighted by Crippen LogP contribution is -2.18. The molecule has 0 amide bonds. The van der Waals surface area contributed by atoms with Gasteiger partial charge in [0.1, 0.15) is 5.69 Å². The maximum Gasteiger partial charge on any atom is 0.437 e. The van der Waals surface area contributed by atoms with Gasteiger partial charge in [0.15, 0.2) is 0 Å². The van der Waals surface area contributed by atoms with Crippen LogP contribution in [-0.2, 0) is 0 Å². The van der Waals surface area contributed by atoms with Gasteiger partial charge in [-0.05, 0) is 18.2 Å². The van der Waals surface area contributed by atoms with Gasteiger partial charge in [-0.1, -0.05) is 24.3 Å². The van der Waals surface area contributed by atoms with E-state index in [2.05, 4.69) is 0 Å². The second-order valence-corrected chi connectivity index (χ2v) is 7.21. The van der Waals surface area contributed by atoms with Crippen molar-refractivity contribution < 1.29 is 34.5 Å². The fraction of sp³-hybridized carbons (Fsp3) is 0. The van der Waals surface area contributed by atoms with Crippen LogP contribution in [0.25, 0.3) is 0 Å². The van der Waals surface area contributed by atoms with Gasteiger partial charge >= 0.3 is 39.8 Å². The summed E-state index contributed by atoms with van der Waals surface area (Å²) in [5, 5.41) is 83.2. The van der Waals surface area contributed by atoms with Crippen molar-refractivity contribution in [3.05, 3.63) is 119 Å². The highest BCUT2D eigenvalue weighted by molar-refractivity contribution is 6.01. The van der Waals surface area contributed by atoms with Crippen LogP contribution in [0.4, 0.5) is 56.9 Å². The summed E-state index contributed by atoms with van der Waals surface area (Å²) in [5.74, 6) is 0. The third-order valence-electron chi connectivity index (χ3n) is 5.11. The zero-order chi connectivity index (χ0) is 30.0. The number of nitro benzene ring substituents is 7. The maximum absolute atomic E-state index is 12.2. The van der Waals surface area contributed by atoms with Crippen LogP contribution in [0.3, 0.4) is 0 Å². The van der Waals surface area contributed by atoms with Gasteiger partial charge in [-0.2, -0.15) is 0 Å². The molecule has 0 bridgehead atoms. The SMILES string of the molecule is O=[N+]([O-])c1cccc(N(c2ccccc2)c2c([N+](=O)[O-])c([N+](=O)[O-])c([N+](=O)[O-])c([N+](=O)[O-])c2[N+](=O)[O-])c1[N+](=O)[O-]. The Balaban J connectivity index is 2.83. The fourth-order valence-electron chi connectivity index (χ4n) is 3.75. The first kappa shape index (κ1) is 27.8. The molecule has 0 aliphatic heterocycles. The molecule has 0 unspecified atom stereocenters. The van der Waals surface area contributed by atoms with Gasteiger partial charge in [-0.15, -0.1) is 0 Å². The molecule has 0 fully saturated rings. The van der Waals surface area contributed by atoms with Crippen LogP contribution in [0, 0.1) is 70.8 Å². The van der Waals surface area contributed by atoms with Gasteiger partial charge in [-0.3, -0.25) is 75.7 Å². The van der Waals surface area contributed by atoms with Crippen molar-refractivity contribution in [1.82, 2.24) is 0 Å². The predicted octanol–water partition coefficient (Wildman–Crippen LogP) is 4.51. The number of hydrogen-bond donors (Lipinski definition) is 0. The van der Waals surface area contributed by atoms with Crippen molar-refractivity contribution in [3.63, 3.8) is 0 Å². The summed E-state index contributed by atoms with van der Waals surface area (Å²) in [4.78, 5) is 72.1. The molecule has 204 valence electrons. The van der Waals surface area contributed by atoms with Crippen LogP contribution in [-0.4, -0.2) is 34.5 Å². The van der Waals surface area contributed by atoms with Crippen molar-refractivity contribution in [2.24, 2.45) is 0 Å². The molecule has 0 saturated heterocycles. The Morgan fingerprint density at radius 1 is 0.425 bits per heavy atom. The summed E-state index contributed by atoms with van der Waals surface area (Å²) in [6.07, 6.45) is 0. The number of rotatable bonds is 10. The van der Waals surface area contributed by atoms with Gasteiger partial charge in [0, 0.05) is 11.8 Å². The average Bonchev–Trinajstić information content (AvgIpc) is 2.87. The zero-order valence-electron chi connectivity index (χ0n) is 18.9. The van der Waals surface area contributed by atoms with E-state index in [-0.39, 0.29) is 4.90 Å². The monoisotopic (exact) mass is 560 g/mol. The van der Waals surface area contributed by atoms with Crippen molar-refractivity contribution in [2.45, 2.75) is 0 Å². The van der Waals surface area contributed by atoms with Crippen LogP contribution in [0.2, 0.25) is 0 Å². The predicted molar refractivity (Wildman–Crippen MR) is 128 cm³/mol. The summed E-state index contributed by atoms with van der Waals surface area (Å²) in [6.45, 7) is 0. The second-order valence-electron chi connectivity index (χ2n) is 7.21. The third kappa shape index (κ3) is 4.56. The Bertz CT molecular complexity index is 1600. The van der Waals surface area contributed by atoms with E-state index in [0.29, 0.717) is 12.1 Å². The molecule has 0 aliphatic carbocycles. The van der Waals surface area contributed by atoms with Crippen LogP contribution in [0.15, 0.2) is 48.5 Å². The molecule has 0 radical (unpaired) electrons. The van der Waals surface area contributed by atoms with E-state index in [1.165, 1.54) is 18.2 Å². The Morgan fingerprint density at radius 3 is 1.20 bits per heavy atom. The average molecular weight is 560 g/mol. The molecule has 0 aliphatic rings. The number of anilines is 3. The van der Waals surface area contributed by atoms with Crippen molar-refractivity contribution in [1.29, 1.82) is 0 Å². The van der Waals surface area contributed by atoms with E-state index in [0.717, 1.165) is 18.2 Å². The minimum atomic E-state index is -2.21. The number of nitro groups is 7. The molecule has 22 heteroatoms. The Morgan fingerprint density at radius 2 is 0.825 bits per heavy atom. The molecule has 0 N–H and O–H groups in total. The summed E-state index contributed by atoms with van der Waals surface area (Å²) < 4.78 is 0. The van der Waals surface area contributed by atoms with E-state index in [1.54, 1.807) is 0 Å².